The van der Waals surface area contributed by atoms with Gasteiger partial charge in [0.15, 0.2) is 0 Å². The van der Waals surface area contributed by atoms with Gasteiger partial charge in [0.1, 0.15) is 0 Å². The molecule has 0 unspecified atom stereocenters. The smallest absolute Gasteiger partial charge is 0.0490 e. The van der Waals surface area contributed by atoms with E-state index in [0.717, 1.165) is 0 Å². The van der Waals surface area contributed by atoms with Gasteiger partial charge < -0.3 is 10.4 Å². The highest BCUT2D eigenvalue weighted by Gasteiger charge is 1.66. The zero-order valence-corrected chi connectivity index (χ0v) is 3.65. The molecule has 0 aliphatic rings. The molecule has 4 nitrogen and oxygen atoms in total. The highest BCUT2D eigenvalue weighted by Crippen LogP contribution is 1.63. The molecule has 7 heavy (non-hydrogen) atoms. The summed E-state index contributed by atoms with van der Waals surface area (Å²) in [4.78, 5) is 0. The van der Waals surface area contributed by atoms with Crippen LogP contribution in [-0.2, 0) is 0 Å². The fourth-order valence-electron chi connectivity index (χ4n) is 0.141. The molecule has 0 aromatic heterocycles. The van der Waals surface area contributed by atoms with E-state index in [1.54, 1.807) is 0 Å². The first-order valence-electron chi connectivity index (χ1n) is 1.73. The van der Waals surface area contributed by atoms with Crippen LogP contribution < -0.4 is 0 Å². The van der Waals surface area contributed by atoms with Crippen LogP contribution in [0, 0.1) is 0 Å². The van der Waals surface area contributed by atoms with E-state index in [1.165, 1.54) is 12.4 Å². The number of hydrogen-bond acceptors (Lipinski definition) is 4. The van der Waals surface area contributed by atoms with Gasteiger partial charge in [-0.25, -0.2) is 0 Å². The molecular weight excluding hydrogens is 96.0 g/mol. The van der Waals surface area contributed by atoms with Gasteiger partial charge in [-0.15, -0.1) is 10.3 Å². The summed E-state index contributed by atoms with van der Waals surface area (Å²) in [6.45, 7) is 0. The molecule has 0 aliphatic carbocycles. The normalized spacial score (nSPS) is 11.4. The van der Waals surface area contributed by atoms with Gasteiger partial charge >= 0.3 is 0 Å². The Balaban J connectivity index is 2.98. The Hall–Kier alpha value is -1.06. The van der Waals surface area contributed by atoms with Crippen molar-refractivity contribution in [2.75, 3.05) is 0 Å². The molecule has 0 amide bonds. The van der Waals surface area contributed by atoms with Gasteiger partial charge in [0.2, 0.25) is 0 Å². The van der Waals surface area contributed by atoms with Crippen LogP contribution in [0.4, 0.5) is 0 Å². The Bertz CT molecular complexity index is 69.0. The van der Waals surface area contributed by atoms with Gasteiger partial charge in [-0.1, -0.05) is 0 Å². The van der Waals surface area contributed by atoms with Crippen molar-refractivity contribution in [1.29, 1.82) is 0 Å². The molecule has 0 aromatic carbocycles. The quantitative estimate of drug-likeness (QED) is 0.299. The molecule has 0 heterocycles. The van der Waals surface area contributed by atoms with Crippen LogP contribution in [0.2, 0.25) is 0 Å². The minimum atomic E-state index is 0.354. The third kappa shape index (κ3) is 4.94. The highest BCUT2D eigenvalue weighted by atomic mass is 16.4. The fraction of sp³-hybridized carbons (Fsp3) is 0.333. The van der Waals surface area contributed by atoms with Crippen molar-refractivity contribution in [1.82, 2.24) is 0 Å². The average molecular weight is 102 g/mol. The van der Waals surface area contributed by atoms with Gasteiger partial charge in [0.25, 0.3) is 0 Å². The summed E-state index contributed by atoms with van der Waals surface area (Å²) in [5.41, 5.74) is 0. The first-order valence-corrected chi connectivity index (χ1v) is 1.73. The number of hydrogen-bond donors (Lipinski definition) is 2. The molecule has 0 aromatic rings. The Labute approximate surface area is 40.8 Å². The monoisotopic (exact) mass is 102 g/mol. The minimum absolute atomic E-state index is 0.354. The average Bonchev–Trinajstić information content (AvgIpc) is 1.69. The van der Waals surface area contributed by atoms with E-state index >= 15 is 0 Å². The zero-order chi connectivity index (χ0) is 5.54. The minimum Gasteiger partial charge on any atom is -0.411 e. The molecule has 0 aliphatic heterocycles. The summed E-state index contributed by atoms with van der Waals surface area (Å²) in [7, 11) is 0. The van der Waals surface area contributed by atoms with Gasteiger partial charge in [-0.05, 0) is 0 Å². The lowest BCUT2D eigenvalue weighted by atomic mass is 10.5. The van der Waals surface area contributed by atoms with Gasteiger partial charge in [0, 0.05) is 18.9 Å². The summed E-state index contributed by atoms with van der Waals surface area (Å²) in [6, 6.07) is 0. The van der Waals surface area contributed by atoms with Crippen molar-refractivity contribution in [3.8, 4) is 0 Å². The lowest BCUT2D eigenvalue weighted by molar-refractivity contribution is 0.318. The predicted octanol–water partition coefficient (Wildman–Crippen LogP) is 0.296. The Morgan fingerprint density at radius 1 is 1.14 bits per heavy atom. The van der Waals surface area contributed by atoms with Gasteiger partial charge in [-0.3, -0.25) is 0 Å². The maximum atomic E-state index is 7.72. The van der Waals surface area contributed by atoms with Crippen molar-refractivity contribution < 1.29 is 10.4 Å². The molecule has 0 rings (SSSR count). The summed E-state index contributed by atoms with van der Waals surface area (Å²) in [5, 5.41) is 20.7. The molecule has 0 spiro atoms. The number of nitrogens with zero attached hydrogens (tertiary/aromatic N) is 2. The van der Waals surface area contributed by atoms with Crippen LogP contribution in [-0.4, -0.2) is 22.8 Å². The second kappa shape index (κ2) is 4.94. The molecule has 0 saturated carbocycles. The Kier molecular flexibility index (Phi) is 4.19. The third-order valence-electron chi connectivity index (χ3n) is 0.374. The van der Waals surface area contributed by atoms with E-state index in [9.17, 15) is 0 Å². The van der Waals surface area contributed by atoms with Crippen LogP contribution >= 0.6 is 0 Å². The summed E-state index contributed by atoms with van der Waals surface area (Å²) < 4.78 is 0. The lowest BCUT2D eigenvalue weighted by Crippen LogP contribution is -1.74. The van der Waals surface area contributed by atoms with Gasteiger partial charge in [0.05, 0.1) is 0 Å². The highest BCUT2D eigenvalue weighted by molar-refractivity contribution is 5.78. The SMILES string of the molecule is ON=CCC=NO. The van der Waals surface area contributed by atoms with E-state index in [0.29, 0.717) is 6.42 Å². The fourth-order valence-corrected chi connectivity index (χ4v) is 0.141. The maximum Gasteiger partial charge on any atom is 0.0490 e. The molecule has 0 fully saturated rings. The van der Waals surface area contributed by atoms with Crippen molar-refractivity contribution in [3.63, 3.8) is 0 Å². The third-order valence-corrected chi connectivity index (χ3v) is 0.374. The first kappa shape index (κ1) is 5.94. The van der Waals surface area contributed by atoms with Crippen molar-refractivity contribution in [2.24, 2.45) is 10.3 Å². The van der Waals surface area contributed by atoms with Gasteiger partial charge in [-0.2, -0.15) is 0 Å². The number of rotatable bonds is 2. The van der Waals surface area contributed by atoms with Crippen LogP contribution in [0.15, 0.2) is 10.3 Å². The largest absolute Gasteiger partial charge is 0.411 e. The van der Waals surface area contributed by atoms with Crippen molar-refractivity contribution in [3.05, 3.63) is 0 Å². The molecule has 0 atom stereocenters. The molecule has 40 valence electrons. The zero-order valence-electron chi connectivity index (χ0n) is 3.65. The Morgan fingerprint density at radius 2 is 1.57 bits per heavy atom. The summed E-state index contributed by atoms with van der Waals surface area (Å²) >= 11 is 0. The molecule has 2 N–H and O–H groups in total. The van der Waals surface area contributed by atoms with E-state index in [2.05, 4.69) is 10.3 Å². The molecule has 0 bridgehead atoms. The van der Waals surface area contributed by atoms with Crippen molar-refractivity contribution in [2.45, 2.75) is 6.42 Å². The summed E-state index contributed by atoms with van der Waals surface area (Å²) in [6.07, 6.45) is 2.77. The maximum absolute atomic E-state index is 7.72. The topological polar surface area (TPSA) is 65.2 Å². The van der Waals surface area contributed by atoms with Crippen LogP contribution in [0.1, 0.15) is 6.42 Å². The number of oxime groups is 2. The van der Waals surface area contributed by atoms with Crippen LogP contribution in [0.5, 0.6) is 0 Å². The molecule has 4 heteroatoms. The second-order valence-electron chi connectivity index (χ2n) is 0.832. The van der Waals surface area contributed by atoms with E-state index in [-0.39, 0.29) is 0 Å². The first-order chi connectivity index (χ1) is 3.41. The van der Waals surface area contributed by atoms with E-state index in [1.807, 2.05) is 0 Å². The molecule has 0 radical (unpaired) electrons. The standard InChI is InChI=1S/C3H6N2O2/c6-4-2-1-3-5-7/h2-3,6-7H,1H2. The molecular formula is C3H6N2O2. The van der Waals surface area contributed by atoms with Crippen LogP contribution in [0.25, 0.3) is 0 Å². The summed E-state index contributed by atoms with van der Waals surface area (Å²) in [5.74, 6) is 0. The predicted molar refractivity (Wildman–Crippen MR) is 25.2 cm³/mol. The van der Waals surface area contributed by atoms with Crippen LogP contribution in [0.3, 0.4) is 0 Å². The Morgan fingerprint density at radius 3 is 1.86 bits per heavy atom. The lowest BCUT2D eigenvalue weighted by Gasteiger charge is -1.71. The van der Waals surface area contributed by atoms with Crippen molar-refractivity contribution >= 4 is 12.4 Å². The second-order valence-corrected chi connectivity index (χ2v) is 0.832. The van der Waals surface area contributed by atoms with E-state index in [4.69, 9.17) is 10.4 Å². The van der Waals surface area contributed by atoms with E-state index < -0.39 is 0 Å². The molecule has 0 saturated heterocycles.